The van der Waals surface area contributed by atoms with Crippen molar-refractivity contribution in [2.45, 2.75) is 27.8 Å². The van der Waals surface area contributed by atoms with Gasteiger partial charge in [-0.1, -0.05) is 64.1 Å². The highest BCUT2D eigenvalue weighted by molar-refractivity contribution is 9.10. The van der Waals surface area contributed by atoms with Crippen LogP contribution in [0, 0.1) is 4.77 Å². The fourth-order valence-corrected chi connectivity index (χ4v) is 6.51. The molecule has 0 radical (unpaired) electrons. The zero-order valence-corrected chi connectivity index (χ0v) is 21.5. The SMILES string of the molecule is O=C1C(Cl)C(c2cccc(Br)c2)N1n1c(CN2c3ccccc3Sc3ccccc32)n[nH]c1=S. The van der Waals surface area contributed by atoms with Crippen LogP contribution in [0.25, 0.3) is 0 Å². The third-order valence-corrected chi connectivity index (χ3v) is 8.27. The van der Waals surface area contributed by atoms with Gasteiger partial charge in [-0.25, -0.2) is 9.69 Å². The topological polar surface area (TPSA) is 57.2 Å². The number of anilines is 2. The fraction of sp³-hybridized carbons (Fsp3) is 0.125. The van der Waals surface area contributed by atoms with E-state index in [0.29, 0.717) is 17.1 Å². The van der Waals surface area contributed by atoms with E-state index in [9.17, 15) is 4.79 Å². The Balaban J connectivity index is 1.42. The van der Waals surface area contributed by atoms with Crippen molar-refractivity contribution in [3.05, 3.63) is 93.4 Å². The summed E-state index contributed by atoms with van der Waals surface area (Å²) < 4.78 is 2.96. The third kappa shape index (κ3) is 3.50. The number of aromatic nitrogens is 3. The molecule has 1 amide bonds. The summed E-state index contributed by atoms with van der Waals surface area (Å²) in [4.78, 5) is 17.5. The Morgan fingerprint density at radius 2 is 1.71 bits per heavy atom. The molecule has 10 heteroatoms. The summed E-state index contributed by atoms with van der Waals surface area (Å²) in [6, 6.07) is 24.0. The molecular weight excluding hydrogens is 554 g/mol. The summed E-state index contributed by atoms with van der Waals surface area (Å²) in [6.07, 6.45) is 0. The summed E-state index contributed by atoms with van der Waals surface area (Å²) >= 11 is 17.3. The number of hydrogen-bond acceptors (Lipinski definition) is 5. The molecule has 3 heterocycles. The average molecular weight is 571 g/mol. The molecule has 4 aromatic rings. The first-order valence-electron chi connectivity index (χ1n) is 10.6. The predicted molar refractivity (Wildman–Crippen MR) is 140 cm³/mol. The molecule has 0 spiro atoms. The average Bonchev–Trinajstić information content (AvgIpc) is 3.20. The number of amides is 1. The van der Waals surface area contributed by atoms with Gasteiger partial charge in [-0.3, -0.25) is 9.89 Å². The normalized spacial score (nSPS) is 18.9. The first-order valence-corrected chi connectivity index (χ1v) is 13.0. The minimum absolute atomic E-state index is 0.208. The number of aromatic amines is 1. The maximum Gasteiger partial charge on any atom is 0.262 e. The molecule has 6 rings (SSSR count). The largest absolute Gasteiger partial charge is 0.332 e. The molecule has 2 aliphatic heterocycles. The number of β-lactam (4-membered cyclic amide) rings is 1. The first-order chi connectivity index (χ1) is 16.5. The van der Waals surface area contributed by atoms with Crippen molar-refractivity contribution in [1.82, 2.24) is 14.9 Å². The number of fused-ring (bicyclic) bond motifs is 2. The zero-order valence-electron chi connectivity index (χ0n) is 17.6. The van der Waals surface area contributed by atoms with E-state index in [-0.39, 0.29) is 11.9 Å². The molecule has 1 aromatic heterocycles. The summed E-state index contributed by atoms with van der Waals surface area (Å²) in [6.45, 7) is 0.420. The standard InChI is InChI=1S/C24H17BrClN5OS2/c25-15-7-5-6-14(12-15)22-21(26)23(32)31(22)30-20(27-28-24(30)33)13-29-16-8-1-3-10-18(16)34-19-11-4-2-9-17(19)29/h1-12,21-22H,13H2,(H,28,33). The Morgan fingerprint density at radius 3 is 2.38 bits per heavy atom. The van der Waals surface area contributed by atoms with Crippen LogP contribution in [0.5, 0.6) is 0 Å². The molecule has 0 bridgehead atoms. The highest BCUT2D eigenvalue weighted by Crippen LogP contribution is 2.48. The molecule has 1 fully saturated rings. The highest BCUT2D eigenvalue weighted by atomic mass is 79.9. The summed E-state index contributed by atoms with van der Waals surface area (Å²) in [5.41, 5.74) is 3.09. The number of carbonyl (C=O) groups excluding carboxylic acids is 1. The van der Waals surface area contributed by atoms with E-state index in [1.807, 2.05) is 48.5 Å². The van der Waals surface area contributed by atoms with Gasteiger partial charge in [0.05, 0.1) is 17.9 Å². The van der Waals surface area contributed by atoms with Crippen LogP contribution in [0.4, 0.5) is 11.4 Å². The van der Waals surface area contributed by atoms with Gasteiger partial charge in [0.15, 0.2) is 5.82 Å². The number of benzene rings is 3. The number of rotatable bonds is 4. The van der Waals surface area contributed by atoms with Crippen molar-refractivity contribution in [1.29, 1.82) is 0 Å². The fourth-order valence-electron chi connectivity index (χ4n) is 4.41. The highest BCUT2D eigenvalue weighted by Gasteiger charge is 2.49. The van der Waals surface area contributed by atoms with Crippen LogP contribution in [0.15, 0.2) is 87.1 Å². The molecule has 1 saturated heterocycles. The van der Waals surface area contributed by atoms with Crippen molar-refractivity contribution >= 4 is 68.8 Å². The minimum atomic E-state index is -0.674. The Morgan fingerprint density at radius 1 is 1.03 bits per heavy atom. The van der Waals surface area contributed by atoms with Crippen LogP contribution < -0.4 is 9.91 Å². The van der Waals surface area contributed by atoms with Gasteiger partial charge in [0, 0.05) is 14.3 Å². The van der Waals surface area contributed by atoms with E-state index in [0.717, 1.165) is 31.2 Å². The van der Waals surface area contributed by atoms with Crippen LogP contribution in [0.2, 0.25) is 0 Å². The van der Waals surface area contributed by atoms with Gasteiger partial charge in [0.1, 0.15) is 11.4 Å². The molecule has 1 N–H and O–H groups in total. The number of carbonyl (C=O) groups is 1. The van der Waals surface area contributed by atoms with Gasteiger partial charge in [0.25, 0.3) is 5.91 Å². The van der Waals surface area contributed by atoms with Crippen molar-refractivity contribution < 1.29 is 4.79 Å². The van der Waals surface area contributed by atoms with Crippen molar-refractivity contribution in [3.8, 4) is 0 Å². The molecule has 6 nitrogen and oxygen atoms in total. The van der Waals surface area contributed by atoms with E-state index < -0.39 is 5.38 Å². The number of hydrogen-bond donors (Lipinski definition) is 1. The lowest BCUT2D eigenvalue weighted by Crippen LogP contribution is -2.62. The number of para-hydroxylation sites is 2. The monoisotopic (exact) mass is 569 g/mol. The van der Waals surface area contributed by atoms with Crippen LogP contribution in [-0.2, 0) is 11.3 Å². The van der Waals surface area contributed by atoms with Crippen molar-refractivity contribution in [2.24, 2.45) is 0 Å². The maximum atomic E-state index is 13.0. The van der Waals surface area contributed by atoms with Gasteiger partial charge in [-0.05, 0) is 54.2 Å². The Bertz CT molecular complexity index is 1440. The van der Waals surface area contributed by atoms with Gasteiger partial charge in [-0.2, -0.15) is 5.10 Å². The van der Waals surface area contributed by atoms with E-state index >= 15 is 0 Å². The summed E-state index contributed by atoms with van der Waals surface area (Å²) in [7, 11) is 0. The number of H-pyrrole nitrogens is 1. The second-order valence-electron chi connectivity index (χ2n) is 7.96. The summed E-state index contributed by atoms with van der Waals surface area (Å²) in [5, 5.41) is 8.33. The quantitative estimate of drug-likeness (QED) is 0.176. The van der Waals surface area contributed by atoms with Gasteiger partial charge in [-0.15, -0.1) is 11.6 Å². The Kier molecular flexibility index (Phi) is 5.52. The summed E-state index contributed by atoms with van der Waals surface area (Å²) in [5.74, 6) is 0.416. The zero-order chi connectivity index (χ0) is 23.4. The van der Waals surface area contributed by atoms with Gasteiger partial charge >= 0.3 is 0 Å². The molecule has 34 heavy (non-hydrogen) atoms. The van der Waals surface area contributed by atoms with Crippen molar-refractivity contribution in [3.63, 3.8) is 0 Å². The first kappa shape index (κ1) is 21.9. The van der Waals surface area contributed by atoms with Gasteiger partial charge < -0.3 is 4.90 Å². The van der Waals surface area contributed by atoms with Crippen LogP contribution in [0.1, 0.15) is 17.4 Å². The lowest BCUT2D eigenvalue weighted by molar-refractivity contribution is -0.126. The van der Waals surface area contributed by atoms with E-state index in [1.54, 1.807) is 21.4 Å². The molecule has 170 valence electrons. The number of alkyl halides is 1. The molecule has 0 aliphatic carbocycles. The smallest absolute Gasteiger partial charge is 0.262 e. The Hall–Kier alpha value is -2.59. The molecule has 2 atom stereocenters. The second kappa shape index (κ2) is 8.57. The lowest BCUT2D eigenvalue weighted by Gasteiger charge is -2.45. The second-order valence-corrected chi connectivity index (χ2v) is 10.8. The number of nitrogens with one attached hydrogen (secondary N) is 1. The van der Waals surface area contributed by atoms with Crippen molar-refractivity contribution in [2.75, 3.05) is 9.91 Å². The van der Waals surface area contributed by atoms with Gasteiger partial charge in [0.2, 0.25) is 4.77 Å². The molecule has 3 aromatic carbocycles. The maximum absolute atomic E-state index is 13.0. The minimum Gasteiger partial charge on any atom is -0.332 e. The Labute approximate surface area is 218 Å². The molecular formula is C24H17BrClN5OS2. The molecule has 0 saturated carbocycles. The number of halogens is 2. The van der Waals surface area contributed by atoms with Crippen LogP contribution in [0.3, 0.4) is 0 Å². The van der Waals surface area contributed by atoms with E-state index in [4.69, 9.17) is 23.8 Å². The lowest BCUT2D eigenvalue weighted by atomic mass is 9.95. The van der Waals surface area contributed by atoms with Crippen LogP contribution >= 0.6 is 51.5 Å². The predicted octanol–water partition coefficient (Wildman–Crippen LogP) is 6.33. The molecule has 2 aliphatic rings. The molecule has 2 unspecified atom stereocenters. The van der Waals surface area contributed by atoms with E-state index in [2.05, 4.69) is 55.3 Å². The van der Waals surface area contributed by atoms with E-state index in [1.165, 1.54) is 0 Å². The number of nitrogens with zero attached hydrogens (tertiary/aromatic N) is 4. The third-order valence-electron chi connectivity index (χ3n) is 5.96. The van der Waals surface area contributed by atoms with Crippen LogP contribution in [-0.4, -0.2) is 26.2 Å².